The number of hydrogen-bond acceptors (Lipinski definition) is 2. The van der Waals surface area contributed by atoms with Crippen molar-refractivity contribution in [1.29, 1.82) is 0 Å². The van der Waals surface area contributed by atoms with E-state index in [9.17, 15) is 0 Å². The zero-order valence-electron chi connectivity index (χ0n) is 12.1. The van der Waals surface area contributed by atoms with E-state index in [4.69, 9.17) is 0 Å². The van der Waals surface area contributed by atoms with Crippen molar-refractivity contribution >= 4 is 22.1 Å². The van der Waals surface area contributed by atoms with E-state index in [-0.39, 0.29) is 5.54 Å². The average molecular weight is 252 g/mol. The van der Waals surface area contributed by atoms with Crippen LogP contribution in [0.4, 0.5) is 11.4 Å². The van der Waals surface area contributed by atoms with Crippen molar-refractivity contribution in [2.45, 2.75) is 26.3 Å². The Kier molecular flexibility index (Phi) is 2.40. The molecule has 0 spiro atoms. The molecule has 3 rings (SSSR count). The molecule has 0 aliphatic carbocycles. The Balaban J connectivity index is 2.29. The second-order valence-electron chi connectivity index (χ2n) is 6.17. The van der Waals surface area contributed by atoms with E-state index in [1.54, 1.807) is 0 Å². The zero-order valence-corrected chi connectivity index (χ0v) is 12.1. The largest absolute Gasteiger partial charge is 0.330 e. The van der Waals surface area contributed by atoms with Crippen LogP contribution < -0.4 is 9.80 Å². The number of nitrogens with zero attached hydrogens (tertiary/aromatic N) is 2. The van der Waals surface area contributed by atoms with Gasteiger partial charge in [-0.15, -0.1) is 0 Å². The summed E-state index contributed by atoms with van der Waals surface area (Å²) in [5.74, 6) is 1.04. The molecule has 0 radical (unpaired) electrons. The first-order valence-electron chi connectivity index (χ1n) is 6.65. The monoisotopic (exact) mass is 252 g/mol. The van der Waals surface area contributed by atoms with Gasteiger partial charge in [-0.2, -0.15) is 0 Å². The fourth-order valence-corrected chi connectivity index (χ4v) is 2.84. The van der Waals surface area contributed by atoms with Crippen molar-refractivity contribution in [3.05, 3.63) is 48.8 Å². The van der Waals surface area contributed by atoms with Crippen molar-refractivity contribution in [3.63, 3.8) is 0 Å². The summed E-state index contributed by atoms with van der Waals surface area (Å²) in [6, 6.07) is 13.0. The van der Waals surface area contributed by atoms with E-state index >= 15 is 0 Å². The lowest BCUT2D eigenvalue weighted by atomic mass is 10.0. The summed E-state index contributed by atoms with van der Waals surface area (Å²) < 4.78 is 0. The lowest BCUT2D eigenvalue weighted by molar-refractivity contribution is 0.545. The van der Waals surface area contributed by atoms with Crippen LogP contribution in [0.2, 0.25) is 0 Å². The number of anilines is 2. The molecular formula is C17H20N2. The van der Waals surface area contributed by atoms with Gasteiger partial charge < -0.3 is 9.80 Å². The molecule has 1 aliphatic heterocycles. The van der Waals surface area contributed by atoms with Gasteiger partial charge in [-0.25, -0.2) is 0 Å². The maximum atomic E-state index is 4.24. The highest BCUT2D eigenvalue weighted by atomic mass is 15.4. The van der Waals surface area contributed by atoms with Gasteiger partial charge in [0.05, 0.1) is 11.4 Å². The summed E-state index contributed by atoms with van der Waals surface area (Å²) in [5.41, 5.74) is 2.51. The summed E-state index contributed by atoms with van der Waals surface area (Å²) >= 11 is 0. The first kappa shape index (κ1) is 12.1. The molecule has 2 aromatic carbocycles. The molecule has 2 aromatic rings. The number of rotatable bonds is 0. The van der Waals surface area contributed by atoms with Gasteiger partial charge >= 0.3 is 0 Å². The van der Waals surface area contributed by atoms with Crippen molar-refractivity contribution in [2.24, 2.45) is 0 Å². The van der Waals surface area contributed by atoms with Crippen LogP contribution in [0.25, 0.3) is 10.8 Å². The summed E-state index contributed by atoms with van der Waals surface area (Å²) in [4.78, 5) is 4.49. The normalized spacial score (nSPS) is 15.3. The van der Waals surface area contributed by atoms with E-state index < -0.39 is 0 Å². The van der Waals surface area contributed by atoms with Gasteiger partial charge in [-0.3, -0.25) is 0 Å². The number of fused-ring (bicyclic) bond motifs is 2. The van der Waals surface area contributed by atoms with Crippen LogP contribution in [0.5, 0.6) is 0 Å². The summed E-state index contributed by atoms with van der Waals surface area (Å²) in [6.07, 6.45) is 0. The van der Waals surface area contributed by atoms with Gasteiger partial charge in [0, 0.05) is 12.6 Å². The molecule has 1 heterocycles. The van der Waals surface area contributed by atoms with E-state index in [1.807, 2.05) is 0 Å². The Hall–Kier alpha value is -1.96. The minimum atomic E-state index is 0.0268. The second-order valence-corrected chi connectivity index (χ2v) is 6.17. The van der Waals surface area contributed by atoms with Crippen molar-refractivity contribution < 1.29 is 0 Å². The van der Waals surface area contributed by atoms with Gasteiger partial charge in [-0.1, -0.05) is 30.8 Å². The molecule has 0 unspecified atom stereocenters. The topological polar surface area (TPSA) is 6.48 Å². The molecule has 0 bridgehead atoms. The molecule has 0 aromatic heterocycles. The Labute approximate surface area is 114 Å². The van der Waals surface area contributed by atoms with Crippen molar-refractivity contribution in [2.75, 3.05) is 16.8 Å². The van der Waals surface area contributed by atoms with Crippen LogP contribution in [-0.2, 0) is 0 Å². The quantitative estimate of drug-likeness (QED) is 0.687. The highest BCUT2D eigenvalue weighted by molar-refractivity contribution is 5.96. The minimum absolute atomic E-state index is 0.0268. The van der Waals surface area contributed by atoms with Gasteiger partial charge in [0.2, 0.25) is 0 Å². The van der Waals surface area contributed by atoms with Gasteiger partial charge in [0.15, 0.2) is 0 Å². The highest BCUT2D eigenvalue weighted by Gasteiger charge is 2.34. The first-order valence-corrected chi connectivity index (χ1v) is 6.65. The molecule has 0 amide bonds. The Morgan fingerprint density at radius 1 is 0.947 bits per heavy atom. The van der Waals surface area contributed by atoms with Crippen molar-refractivity contribution in [1.82, 2.24) is 0 Å². The molecule has 0 saturated heterocycles. The fourth-order valence-electron chi connectivity index (χ4n) is 2.84. The average Bonchev–Trinajstić information content (AvgIpc) is 2.59. The number of hydrogen-bond donors (Lipinski definition) is 0. The predicted octanol–water partition coefficient (Wildman–Crippen LogP) is 4.37. The molecule has 2 nitrogen and oxygen atoms in total. The molecule has 19 heavy (non-hydrogen) atoms. The summed E-state index contributed by atoms with van der Waals surface area (Å²) in [5, 5.41) is 2.55. The lowest BCUT2D eigenvalue weighted by Crippen LogP contribution is -2.40. The summed E-state index contributed by atoms with van der Waals surface area (Å²) in [7, 11) is 2.08. The van der Waals surface area contributed by atoms with E-state index in [2.05, 4.69) is 80.6 Å². The van der Waals surface area contributed by atoms with Crippen LogP contribution in [0.3, 0.4) is 0 Å². The minimum Gasteiger partial charge on any atom is -0.330 e. The molecular weight excluding hydrogens is 232 g/mol. The third-order valence-electron chi connectivity index (χ3n) is 3.76. The fraction of sp³-hybridized carbons (Fsp3) is 0.294. The lowest BCUT2D eigenvalue weighted by Gasteiger charge is -2.35. The third kappa shape index (κ3) is 1.71. The SMILES string of the molecule is C=C1N(C)c2cc3ccccc3cc2N1C(C)(C)C. The van der Waals surface area contributed by atoms with Crippen molar-refractivity contribution in [3.8, 4) is 0 Å². The maximum Gasteiger partial charge on any atom is 0.106 e. The molecule has 0 fully saturated rings. The van der Waals surface area contributed by atoms with Crippen LogP contribution in [0.1, 0.15) is 20.8 Å². The molecule has 1 aliphatic rings. The van der Waals surface area contributed by atoms with Crippen LogP contribution in [0.15, 0.2) is 48.8 Å². The van der Waals surface area contributed by atoms with Crippen LogP contribution in [0, 0.1) is 0 Å². The van der Waals surface area contributed by atoms with Crippen LogP contribution >= 0.6 is 0 Å². The van der Waals surface area contributed by atoms with Gasteiger partial charge in [0.1, 0.15) is 5.82 Å². The molecule has 0 atom stereocenters. The molecule has 2 heteroatoms. The summed E-state index contributed by atoms with van der Waals surface area (Å²) in [6.45, 7) is 10.9. The molecule has 98 valence electrons. The van der Waals surface area contributed by atoms with E-state index in [1.165, 1.54) is 22.1 Å². The standard InChI is InChI=1S/C17H20N2/c1-12-18(5)15-10-13-8-6-7-9-14(13)11-16(15)19(12)17(2,3)4/h6-11H,1H2,2-5H3. The second kappa shape index (κ2) is 3.77. The highest BCUT2D eigenvalue weighted by Crippen LogP contribution is 2.45. The van der Waals surface area contributed by atoms with Gasteiger partial charge in [0.25, 0.3) is 0 Å². The molecule has 0 N–H and O–H groups in total. The molecule has 0 saturated carbocycles. The number of benzene rings is 2. The zero-order chi connectivity index (χ0) is 13.8. The smallest absolute Gasteiger partial charge is 0.106 e. The Bertz CT molecular complexity index is 665. The Morgan fingerprint density at radius 3 is 2.00 bits per heavy atom. The van der Waals surface area contributed by atoms with Crippen LogP contribution in [-0.4, -0.2) is 12.6 Å². The first-order chi connectivity index (χ1) is 8.89. The third-order valence-corrected chi connectivity index (χ3v) is 3.76. The van der Waals surface area contributed by atoms with Gasteiger partial charge in [-0.05, 0) is 43.7 Å². The predicted molar refractivity (Wildman–Crippen MR) is 83.7 cm³/mol. The maximum absolute atomic E-state index is 4.24. The Morgan fingerprint density at radius 2 is 1.47 bits per heavy atom. The van der Waals surface area contributed by atoms with E-state index in [0.717, 1.165) is 5.82 Å². The van der Waals surface area contributed by atoms with E-state index in [0.29, 0.717) is 0 Å².